The molecule has 1 heterocycles. The van der Waals surface area contributed by atoms with Gasteiger partial charge in [0.1, 0.15) is 17.7 Å². The number of carbonyl (C=O) groups is 1. The molecular weight excluding hydrogens is 364 g/mol. The van der Waals surface area contributed by atoms with Gasteiger partial charge < -0.3 is 5.32 Å². The van der Waals surface area contributed by atoms with E-state index in [1.807, 2.05) is 0 Å². The zero-order valence-electron chi connectivity index (χ0n) is 15.2. The van der Waals surface area contributed by atoms with Gasteiger partial charge in [0.05, 0.1) is 5.69 Å². The minimum atomic E-state index is -0.818. The Morgan fingerprint density at radius 3 is 2.25 bits per heavy atom. The highest BCUT2D eigenvalue weighted by Crippen LogP contribution is 2.16. The number of carbonyl (C=O) groups excluding carboxylic acids is 1. The molecule has 1 amide bonds. The molecule has 0 aliphatic heterocycles. The molecule has 1 aromatic heterocycles. The van der Waals surface area contributed by atoms with Crippen LogP contribution in [0.1, 0.15) is 18.5 Å². The first-order valence-electron chi connectivity index (χ1n) is 8.82. The van der Waals surface area contributed by atoms with Gasteiger partial charge in [-0.15, -0.1) is 0 Å². The van der Waals surface area contributed by atoms with Crippen molar-refractivity contribution in [3.63, 3.8) is 0 Å². The quantitative estimate of drug-likeness (QED) is 0.711. The largest absolute Gasteiger partial charge is 0.354 e. The van der Waals surface area contributed by atoms with Crippen molar-refractivity contribution in [2.45, 2.75) is 19.4 Å². The van der Waals surface area contributed by atoms with Crippen molar-refractivity contribution in [1.29, 1.82) is 0 Å². The van der Waals surface area contributed by atoms with Crippen LogP contribution >= 0.6 is 0 Å². The lowest BCUT2D eigenvalue weighted by Gasteiger charge is -2.15. The highest BCUT2D eigenvalue weighted by molar-refractivity contribution is 5.79. The summed E-state index contributed by atoms with van der Waals surface area (Å²) in [6.45, 7) is 1.93. The molecule has 7 heteroatoms. The van der Waals surface area contributed by atoms with Crippen molar-refractivity contribution in [3.05, 3.63) is 88.2 Å². The van der Waals surface area contributed by atoms with E-state index >= 15 is 0 Å². The number of rotatable bonds is 6. The Morgan fingerprint density at radius 2 is 1.61 bits per heavy atom. The molecule has 0 saturated carbocycles. The van der Waals surface area contributed by atoms with Crippen LogP contribution in [0.25, 0.3) is 11.3 Å². The molecule has 144 valence electrons. The van der Waals surface area contributed by atoms with E-state index in [2.05, 4.69) is 10.4 Å². The molecule has 0 aliphatic rings. The molecule has 0 fully saturated rings. The van der Waals surface area contributed by atoms with Crippen LogP contribution in [0.15, 0.2) is 65.5 Å². The highest BCUT2D eigenvalue weighted by atomic mass is 19.1. The average molecular weight is 383 g/mol. The highest BCUT2D eigenvalue weighted by Gasteiger charge is 2.17. The lowest BCUT2D eigenvalue weighted by atomic mass is 10.1. The van der Waals surface area contributed by atoms with E-state index in [4.69, 9.17) is 0 Å². The van der Waals surface area contributed by atoms with Crippen molar-refractivity contribution >= 4 is 5.91 Å². The van der Waals surface area contributed by atoms with Gasteiger partial charge in [0.25, 0.3) is 5.56 Å². The van der Waals surface area contributed by atoms with Crippen molar-refractivity contribution in [1.82, 2.24) is 15.1 Å². The topological polar surface area (TPSA) is 64.0 Å². The van der Waals surface area contributed by atoms with Gasteiger partial charge in [-0.25, -0.2) is 13.5 Å². The first kappa shape index (κ1) is 19.4. The van der Waals surface area contributed by atoms with Gasteiger partial charge in [-0.2, -0.15) is 5.10 Å². The Labute approximate surface area is 160 Å². The van der Waals surface area contributed by atoms with E-state index in [1.165, 1.54) is 36.4 Å². The summed E-state index contributed by atoms with van der Waals surface area (Å²) in [6, 6.07) is 13.8. The second-order valence-corrected chi connectivity index (χ2v) is 6.35. The van der Waals surface area contributed by atoms with Gasteiger partial charge in [-0.3, -0.25) is 9.59 Å². The van der Waals surface area contributed by atoms with Gasteiger partial charge in [0, 0.05) is 18.2 Å². The Balaban J connectivity index is 1.68. The molecule has 1 atom stereocenters. The number of nitrogens with one attached hydrogen (secondary N) is 1. The van der Waals surface area contributed by atoms with E-state index in [9.17, 15) is 18.4 Å². The Hall–Kier alpha value is -3.35. The molecule has 0 radical (unpaired) electrons. The summed E-state index contributed by atoms with van der Waals surface area (Å²) < 4.78 is 27.1. The number of hydrogen-bond donors (Lipinski definition) is 1. The van der Waals surface area contributed by atoms with Crippen LogP contribution in [0.3, 0.4) is 0 Å². The number of halogens is 2. The van der Waals surface area contributed by atoms with Gasteiger partial charge in [-0.1, -0.05) is 12.1 Å². The molecule has 5 nitrogen and oxygen atoms in total. The van der Waals surface area contributed by atoms with Crippen molar-refractivity contribution in [2.24, 2.45) is 0 Å². The molecule has 3 rings (SSSR count). The second-order valence-electron chi connectivity index (χ2n) is 6.35. The monoisotopic (exact) mass is 383 g/mol. The van der Waals surface area contributed by atoms with Crippen LogP contribution in [0.4, 0.5) is 8.78 Å². The van der Waals surface area contributed by atoms with Crippen LogP contribution in [0.2, 0.25) is 0 Å². The maximum atomic E-state index is 13.1. The van der Waals surface area contributed by atoms with Gasteiger partial charge in [-0.05, 0) is 61.4 Å². The van der Waals surface area contributed by atoms with Crippen molar-refractivity contribution < 1.29 is 13.6 Å². The van der Waals surface area contributed by atoms with E-state index in [-0.39, 0.29) is 17.5 Å². The van der Waals surface area contributed by atoms with E-state index < -0.39 is 11.6 Å². The molecular formula is C21H19F2N3O2. The molecule has 0 saturated heterocycles. The Bertz CT molecular complexity index is 1020. The smallest absolute Gasteiger partial charge is 0.267 e. The first-order chi connectivity index (χ1) is 13.4. The fourth-order valence-electron chi connectivity index (χ4n) is 2.72. The maximum absolute atomic E-state index is 13.1. The third-order valence-corrected chi connectivity index (χ3v) is 4.34. The summed E-state index contributed by atoms with van der Waals surface area (Å²) in [7, 11) is 0. The summed E-state index contributed by atoms with van der Waals surface area (Å²) >= 11 is 0. The molecule has 0 bridgehead atoms. The third-order valence-electron chi connectivity index (χ3n) is 4.34. The normalized spacial score (nSPS) is 11.8. The van der Waals surface area contributed by atoms with Gasteiger partial charge in [0.15, 0.2) is 0 Å². The molecule has 1 N–H and O–H groups in total. The van der Waals surface area contributed by atoms with Crippen molar-refractivity contribution in [2.75, 3.05) is 6.54 Å². The maximum Gasteiger partial charge on any atom is 0.267 e. The number of nitrogens with zero attached hydrogens (tertiary/aromatic N) is 2. The third kappa shape index (κ3) is 4.68. The van der Waals surface area contributed by atoms with Crippen LogP contribution in [0.5, 0.6) is 0 Å². The predicted molar refractivity (Wildman–Crippen MR) is 102 cm³/mol. The fraction of sp³-hybridized carbons (Fsp3) is 0.190. The Morgan fingerprint density at radius 1 is 1.00 bits per heavy atom. The molecule has 1 unspecified atom stereocenters. The summed E-state index contributed by atoms with van der Waals surface area (Å²) in [5, 5.41) is 7.00. The molecule has 2 aromatic carbocycles. The lowest BCUT2D eigenvalue weighted by molar-refractivity contribution is -0.124. The lowest BCUT2D eigenvalue weighted by Crippen LogP contribution is -2.37. The van der Waals surface area contributed by atoms with Crippen molar-refractivity contribution in [3.8, 4) is 11.3 Å². The van der Waals surface area contributed by atoms with Gasteiger partial charge in [0.2, 0.25) is 5.91 Å². The van der Waals surface area contributed by atoms with E-state index in [1.54, 1.807) is 31.2 Å². The van der Waals surface area contributed by atoms with Crippen LogP contribution in [-0.2, 0) is 11.2 Å². The predicted octanol–water partition coefficient (Wildman–Crippen LogP) is 3.11. The SMILES string of the molecule is CC(C(=O)NCCc1ccc(F)cc1)n1nc(-c2ccc(F)cc2)ccc1=O. The standard InChI is InChI=1S/C21H19F2N3O2/c1-14(21(28)24-13-12-15-2-6-17(22)7-3-15)26-20(27)11-10-19(25-26)16-4-8-18(23)9-5-16/h2-11,14H,12-13H2,1H3,(H,24,28). The summed E-state index contributed by atoms with van der Waals surface area (Å²) in [5.41, 5.74) is 1.58. The first-order valence-corrected chi connectivity index (χ1v) is 8.82. The minimum absolute atomic E-state index is 0.312. The summed E-state index contributed by atoms with van der Waals surface area (Å²) in [5.74, 6) is -1.04. The molecule has 3 aromatic rings. The van der Waals surface area contributed by atoms with E-state index in [0.717, 1.165) is 10.2 Å². The fourth-order valence-corrected chi connectivity index (χ4v) is 2.72. The molecule has 0 aliphatic carbocycles. The number of benzene rings is 2. The number of hydrogen-bond acceptors (Lipinski definition) is 3. The summed E-state index contributed by atoms with van der Waals surface area (Å²) in [4.78, 5) is 24.6. The zero-order valence-corrected chi connectivity index (χ0v) is 15.2. The molecule has 28 heavy (non-hydrogen) atoms. The van der Waals surface area contributed by atoms with Crippen LogP contribution < -0.4 is 10.9 Å². The van der Waals surface area contributed by atoms with E-state index in [0.29, 0.717) is 24.2 Å². The number of amides is 1. The average Bonchev–Trinajstić information content (AvgIpc) is 2.70. The van der Waals surface area contributed by atoms with Gasteiger partial charge >= 0.3 is 0 Å². The minimum Gasteiger partial charge on any atom is -0.354 e. The van der Waals surface area contributed by atoms with Crippen LogP contribution in [-0.4, -0.2) is 22.2 Å². The second kappa shape index (κ2) is 8.56. The Kier molecular flexibility index (Phi) is 5.93. The number of aromatic nitrogens is 2. The van der Waals surface area contributed by atoms with Crippen LogP contribution in [0, 0.1) is 11.6 Å². The molecule has 0 spiro atoms. The zero-order chi connectivity index (χ0) is 20.1. The summed E-state index contributed by atoms with van der Waals surface area (Å²) in [6.07, 6.45) is 0.538.